The number of fused-ring (bicyclic) bond motifs is 1. The van der Waals surface area contributed by atoms with Gasteiger partial charge in [0.25, 0.3) is 0 Å². The fraction of sp³-hybridized carbons (Fsp3) is 0.194. The van der Waals surface area contributed by atoms with Crippen LogP contribution < -0.4 is 14.5 Å². The van der Waals surface area contributed by atoms with Crippen LogP contribution in [-0.4, -0.2) is 23.3 Å². The number of imidazole rings is 1. The van der Waals surface area contributed by atoms with E-state index in [0.717, 1.165) is 44.7 Å². The van der Waals surface area contributed by atoms with E-state index >= 15 is 0 Å². The molecule has 6 rings (SSSR count). The molecule has 0 N–H and O–H groups in total. The second-order valence-electron chi connectivity index (χ2n) is 9.23. The van der Waals surface area contributed by atoms with Crippen LogP contribution in [0.4, 0.5) is 0 Å². The van der Waals surface area contributed by atoms with E-state index in [1.807, 2.05) is 18.2 Å². The van der Waals surface area contributed by atoms with Gasteiger partial charge in [-0.05, 0) is 0 Å². The normalized spacial score (nSPS) is 17.4. The fourth-order valence-corrected chi connectivity index (χ4v) is 6.27. The zero-order valence-corrected chi connectivity index (χ0v) is 22.3. The fourth-order valence-electron chi connectivity index (χ4n) is 5.63. The molecule has 6 heteroatoms. The van der Waals surface area contributed by atoms with Gasteiger partial charge in [-0.3, -0.25) is 0 Å². The zero-order chi connectivity index (χ0) is 25.4. The van der Waals surface area contributed by atoms with Gasteiger partial charge in [-0.15, -0.1) is 0 Å². The quantitative estimate of drug-likeness (QED) is 0.208. The number of aromatic nitrogens is 2. The summed E-state index contributed by atoms with van der Waals surface area (Å²) in [6.45, 7) is 0. The van der Waals surface area contributed by atoms with Crippen molar-refractivity contribution in [2.24, 2.45) is 0 Å². The van der Waals surface area contributed by atoms with Crippen LogP contribution in [0, 0.1) is 3.63 Å². The molecule has 1 aliphatic heterocycles. The summed E-state index contributed by atoms with van der Waals surface area (Å²) in [4.78, 5) is 0. The van der Waals surface area contributed by atoms with Crippen LogP contribution in [0.15, 0.2) is 103 Å². The van der Waals surface area contributed by atoms with Gasteiger partial charge in [0.1, 0.15) is 0 Å². The van der Waals surface area contributed by atoms with Gasteiger partial charge >= 0.3 is 230 Å². The Bertz CT molecular complexity index is 1520. The van der Waals surface area contributed by atoms with Gasteiger partial charge in [-0.2, -0.15) is 0 Å². The number of benzene rings is 3. The average molecular weight is 583 g/mol. The van der Waals surface area contributed by atoms with Gasteiger partial charge < -0.3 is 0 Å². The van der Waals surface area contributed by atoms with Crippen LogP contribution in [0.2, 0.25) is 0 Å². The molecular weight excluding hydrogens is 554 g/mol. The topological polar surface area (TPSA) is 31.0 Å². The number of methoxy groups -OCH3 is 2. The Labute approximate surface area is 228 Å². The van der Waals surface area contributed by atoms with Crippen molar-refractivity contribution in [3.8, 4) is 22.8 Å². The first-order valence-corrected chi connectivity index (χ1v) is 13.2. The van der Waals surface area contributed by atoms with Crippen LogP contribution in [0.3, 0.4) is 0 Å². The van der Waals surface area contributed by atoms with Crippen molar-refractivity contribution in [3.05, 3.63) is 118 Å². The molecule has 5 aromatic rings. The maximum absolute atomic E-state index is 5.76. The van der Waals surface area contributed by atoms with Crippen LogP contribution in [0.25, 0.3) is 16.8 Å². The Hall–Kier alpha value is -3.51. The van der Waals surface area contributed by atoms with Crippen LogP contribution in [0.1, 0.15) is 36.1 Å². The summed E-state index contributed by atoms with van der Waals surface area (Å²) in [6, 6.07) is 34.3. The third-order valence-electron chi connectivity index (χ3n) is 7.27. The summed E-state index contributed by atoms with van der Waals surface area (Å²) in [5.41, 5.74) is 5.62. The minimum atomic E-state index is 0.244. The van der Waals surface area contributed by atoms with Crippen LogP contribution in [-0.2, 0) is 20.6 Å². The van der Waals surface area contributed by atoms with Crippen molar-refractivity contribution in [2.45, 2.75) is 24.9 Å². The third kappa shape index (κ3) is 4.13. The summed E-state index contributed by atoms with van der Waals surface area (Å²) in [7, 11) is 3.39. The number of hydrogen-bond acceptors (Lipinski definition) is 3. The van der Waals surface area contributed by atoms with Gasteiger partial charge in [-0.1, -0.05) is 0 Å². The summed E-state index contributed by atoms with van der Waals surface area (Å²) in [6.07, 6.45) is 4.36. The number of ether oxygens (including phenoxy) is 2. The summed E-state index contributed by atoms with van der Waals surface area (Å²) >= 11 is 4.03. The molecule has 0 unspecified atom stereocenters. The van der Waals surface area contributed by atoms with Crippen LogP contribution in [0.5, 0.6) is 11.5 Å². The molecule has 0 amide bonds. The second-order valence-corrected chi connectivity index (χ2v) is 9.89. The molecule has 0 radical (unpaired) electrons. The molecule has 5 nitrogen and oxygen atoms in total. The first-order chi connectivity index (χ1) is 18.2. The standard InChI is InChI=1S/C31H29N3O2.Ag/c1-35-29-17-10-18-30(36-2)31(29)28-16-9-15-25-21-32(22-33(25)28)34-26(23-11-5-3-6-12-23)19-20-27(34)24-13-7-4-8-14-24;/h3-18,21,26-27H,19-20H2,1-2H3;/t26-,27-;/m0./s1. The van der Waals surface area contributed by atoms with Gasteiger partial charge in [0.05, 0.1) is 0 Å². The summed E-state index contributed by atoms with van der Waals surface area (Å²) in [5, 5.41) is 2.52. The van der Waals surface area contributed by atoms with E-state index in [9.17, 15) is 0 Å². The molecule has 37 heavy (non-hydrogen) atoms. The molecule has 3 aromatic carbocycles. The third-order valence-corrected chi connectivity index (χ3v) is 7.94. The Kier molecular flexibility index (Phi) is 6.51. The van der Waals surface area contributed by atoms with Crippen molar-refractivity contribution >= 4 is 5.52 Å². The first-order valence-electron chi connectivity index (χ1n) is 12.5. The van der Waals surface area contributed by atoms with Gasteiger partial charge in [0.2, 0.25) is 0 Å². The molecule has 0 saturated carbocycles. The summed E-state index contributed by atoms with van der Waals surface area (Å²) < 4.78 is 17.0. The molecule has 2 aromatic heterocycles. The Balaban J connectivity index is 1.57. The van der Waals surface area contributed by atoms with Gasteiger partial charge in [-0.25, -0.2) is 0 Å². The van der Waals surface area contributed by atoms with E-state index < -0.39 is 0 Å². The van der Waals surface area contributed by atoms with Gasteiger partial charge in [0, 0.05) is 0 Å². The van der Waals surface area contributed by atoms with E-state index in [4.69, 9.17) is 9.47 Å². The molecule has 0 bridgehead atoms. The van der Waals surface area contributed by atoms with E-state index in [1.165, 1.54) is 11.1 Å². The SMILES string of the molecule is COc1cccc(OC)c1-c1cccc2cn(N3[C@H](c4ccccc4)CC[C@H]3c3ccccc3)[c](=[Ag])n12. The Morgan fingerprint density at radius 1 is 0.676 bits per heavy atom. The monoisotopic (exact) mass is 582 g/mol. The van der Waals surface area contributed by atoms with Crippen molar-refractivity contribution in [3.63, 3.8) is 0 Å². The molecule has 1 fully saturated rings. The zero-order valence-electron chi connectivity index (χ0n) is 20.8. The van der Waals surface area contributed by atoms with Crippen LogP contribution >= 0.6 is 0 Å². The minimum absolute atomic E-state index is 0.244. The molecule has 1 saturated heterocycles. The first kappa shape index (κ1) is 23.9. The second kappa shape index (κ2) is 10.1. The molecular formula is C31H29AgN3O2. The average Bonchev–Trinajstić information content (AvgIpc) is 3.54. The molecule has 0 spiro atoms. The molecule has 191 valence electrons. The Morgan fingerprint density at radius 3 is 1.76 bits per heavy atom. The predicted molar refractivity (Wildman–Crippen MR) is 143 cm³/mol. The van der Waals surface area contributed by atoms with Gasteiger partial charge in [0.15, 0.2) is 0 Å². The molecule has 1 aliphatic rings. The number of hydrogen-bond donors (Lipinski definition) is 0. The van der Waals surface area contributed by atoms with Crippen molar-refractivity contribution in [1.82, 2.24) is 9.08 Å². The Morgan fingerprint density at radius 2 is 1.22 bits per heavy atom. The summed E-state index contributed by atoms with van der Waals surface area (Å²) in [5.74, 6) is 1.54. The number of pyridine rings is 1. The molecule has 0 aliphatic carbocycles. The van der Waals surface area contributed by atoms with E-state index in [1.54, 1.807) is 14.2 Å². The van der Waals surface area contributed by atoms with Crippen molar-refractivity contribution in [2.75, 3.05) is 19.2 Å². The van der Waals surface area contributed by atoms with E-state index in [2.05, 4.69) is 120 Å². The van der Waals surface area contributed by atoms with E-state index in [-0.39, 0.29) is 12.1 Å². The maximum atomic E-state index is 5.76. The molecule has 3 heterocycles. The van der Waals surface area contributed by atoms with E-state index in [0.29, 0.717) is 0 Å². The number of nitrogens with zero attached hydrogens (tertiary/aromatic N) is 3. The number of rotatable bonds is 6. The molecule has 2 atom stereocenters. The van der Waals surface area contributed by atoms with Crippen molar-refractivity contribution < 1.29 is 30.1 Å². The predicted octanol–water partition coefficient (Wildman–Crippen LogP) is 6.72. The van der Waals surface area contributed by atoms with Crippen molar-refractivity contribution in [1.29, 1.82) is 0 Å².